The van der Waals surface area contributed by atoms with Crippen molar-refractivity contribution in [3.8, 4) is 0 Å². The first-order chi connectivity index (χ1) is 6.21. The fourth-order valence-electron chi connectivity index (χ4n) is 0.760. The average molecular weight is 287 g/mol. The van der Waals surface area contributed by atoms with E-state index in [9.17, 15) is 8.42 Å². The van der Waals surface area contributed by atoms with E-state index < -0.39 is 10.2 Å². The fraction of sp³-hybridized carbons (Fsp3) is 1.00. The Balaban J connectivity index is 4.19. The van der Waals surface area contributed by atoms with E-state index in [4.69, 9.17) is 0 Å². The van der Waals surface area contributed by atoms with Gasteiger partial charge < -0.3 is 0 Å². The Bertz CT molecular complexity index is 263. The smallest absolute Gasteiger partial charge is 0.202 e. The molecule has 0 saturated carbocycles. The summed E-state index contributed by atoms with van der Waals surface area (Å²) in [5.41, 5.74) is -0.0212. The highest BCUT2D eigenvalue weighted by Gasteiger charge is 2.21. The maximum Gasteiger partial charge on any atom is 0.278 e. The maximum atomic E-state index is 11.4. The molecule has 0 unspecified atom stereocenters. The minimum Gasteiger partial charge on any atom is -0.202 e. The van der Waals surface area contributed by atoms with E-state index in [2.05, 4.69) is 20.7 Å². The van der Waals surface area contributed by atoms with E-state index in [1.54, 1.807) is 0 Å². The highest BCUT2D eigenvalue weighted by atomic mass is 79.9. The number of hydrogen-bond acceptors (Lipinski definition) is 2. The first kappa shape index (κ1) is 14.3. The van der Waals surface area contributed by atoms with Crippen molar-refractivity contribution in [3.63, 3.8) is 0 Å². The summed E-state index contributed by atoms with van der Waals surface area (Å²) in [7, 11) is -0.254. The minimum absolute atomic E-state index is 0.0212. The van der Waals surface area contributed by atoms with Gasteiger partial charge in [0.1, 0.15) is 0 Å². The van der Waals surface area contributed by atoms with Crippen molar-refractivity contribution in [2.24, 2.45) is 5.41 Å². The van der Waals surface area contributed by atoms with Crippen LogP contribution in [-0.2, 0) is 10.2 Å². The molecule has 0 heterocycles. The van der Waals surface area contributed by atoms with E-state index in [1.165, 1.54) is 18.4 Å². The van der Waals surface area contributed by atoms with Gasteiger partial charge in [0.15, 0.2) is 0 Å². The highest BCUT2D eigenvalue weighted by molar-refractivity contribution is 9.09. The van der Waals surface area contributed by atoms with E-state index in [1.807, 2.05) is 13.8 Å². The molecule has 0 aliphatic heterocycles. The van der Waals surface area contributed by atoms with Gasteiger partial charge in [-0.1, -0.05) is 29.8 Å². The van der Waals surface area contributed by atoms with Gasteiger partial charge in [0.25, 0.3) is 10.2 Å². The minimum atomic E-state index is -3.28. The monoisotopic (exact) mass is 286 g/mol. The molecule has 0 aliphatic rings. The van der Waals surface area contributed by atoms with Crippen molar-refractivity contribution in [1.29, 1.82) is 0 Å². The zero-order chi connectivity index (χ0) is 11.4. The summed E-state index contributed by atoms with van der Waals surface area (Å²) in [6.07, 6.45) is 0.933. The zero-order valence-electron chi connectivity index (χ0n) is 9.17. The molecule has 0 aromatic carbocycles. The molecule has 0 aromatic rings. The summed E-state index contributed by atoms with van der Waals surface area (Å²) < 4.78 is 26.5. The van der Waals surface area contributed by atoms with Gasteiger partial charge in [-0.05, 0) is 11.8 Å². The summed E-state index contributed by atoms with van der Waals surface area (Å²) >= 11 is 3.35. The molecular weight excluding hydrogens is 268 g/mol. The Labute approximate surface area is 95.4 Å². The van der Waals surface area contributed by atoms with Crippen molar-refractivity contribution in [2.75, 3.05) is 26.0 Å². The van der Waals surface area contributed by atoms with Gasteiger partial charge in [-0.2, -0.15) is 12.7 Å². The normalized spacial score (nSPS) is 13.6. The number of rotatable bonds is 6. The third kappa shape index (κ3) is 5.29. The molecule has 1 N–H and O–H groups in total. The molecule has 0 rings (SSSR count). The van der Waals surface area contributed by atoms with Crippen molar-refractivity contribution in [3.05, 3.63) is 0 Å². The summed E-state index contributed by atoms with van der Waals surface area (Å²) in [5, 5.41) is 0.879. The average Bonchev–Trinajstić information content (AvgIpc) is 2.01. The van der Waals surface area contributed by atoms with Crippen LogP contribution in [0.4, 0.5) is 0 Å². The molecule has 0 atom stereocenters. The van der Waals surface area contributed by atoms with Crippen molar-refractivity contribution >= 4 is 26.1 Å². The van der Waals surface area contributed by atoms with Crippen LogP contribution in [0.2, 0.25) is 0 Å². The molecule has 0 fully saturated rings. The summed E-state index contributed by atoms with van der Waals surface area (Å²) in [6, 6.07) is 0. The third-order valence-corrected chi connectivity index (χ3v) is 3.85. The highest BCUT2D eigenvalue weighted by Crippen LogP contribution is 2.20. The van der Waals surface area contributed by atoms with Gasteiger partial charge in [-0.25, -0.2) is 4.72 Å². The van der Waals surface area contributed by atoms with E-state index in [-0.39, 0.29) is 5.41 Å². The van der Waals surface area contributed by atoms with Crippen LogP contribution in [0.15, 0.2) is 0 Å². The predicted octanol–water partition coefficient (Wildman–Crippen LogP) is 1.19. The number of nitrogens with one attached hydrogen (secondary N) is 1. The predicted molar refractivity (Wildman–Crippen MR) is 62.8 cm³/mol. The summed E-state index contributed by atoms with van der Waals surface area (Å²) in [5.74, 6) is 0. The van der Waals surface area contributed by atoms with Crippen LogP contribution >= 0.6 is 15.9 Å². The third-order valence-electron chi connectivity index (χ3n) is 1.99. The number of halogens is 1. The van der Waals surface area contributed by atoms with Gasteiger partial charge in [-0.3, -0.25) is 0 Å². The second-order valence-electron chi connectivity index (χ2n) is 4.21. The molecule has 0 aromatic heterocycles. The molecular formula is C8H19BrN2O2S. The lowest BCUT2D eigenvalue weighted by atomic mass is 9.91. The van der Waals surface area contributed by atoms with Crippen molar-refractivity contribution < 1.29 is 8.42 Å². The largest absolute Gasteiger partial charge is 0.278 e. The molecule has 6 heteroatoms. The van der Waals surface area contributed by atoms with Gasteiger partial charge in [-0.15, -0.1) is 0 Å². The Morgan fingerprint density at radius 1 is 1.36 bits per heavy atom. The molecule has 0 radical (unpaired) electrons. The summed E-state index contributed by atoms with van der Waals surface area (Å²) in [4.78, 5) is 0. The maximum absolute atomic E-state index is 11.4. The van der Waals surface area contributed by atoms with Gasteiger partial charge >= 0.3 is 0 Å². The second kappa shape index (κ2) is 5.44. The van der Waals surface area contributed by atoms with Crippen molar-refractivity contribution in [2.45, 2.75) is 20.3 Å². The quantitative estimate of drug-likeness (QED) is 0.746. The summed E-state index contributed by atoms with van der Waals surface area (Å²) in [6.45, 7) is 4.53. The van der Waals surface area contributed by atoms with Crippen LogP contribution in [0, 0.1) is 5.41 Å². The molecule has 86 valence electrons. The lowest BCUT2D eigenvalue weighted by molar-refractivity contribution is 0.350. The first-order valence-corrected chi connectivity index (χ1v) is 7.00. The second-order valence-corrected chi connectivity index (χ2v) is 6.97. The molecule has 0 bridgehead atoms. The Hall–Kier alpha value is 0.350. The van der Waals surface area contributed by atoms with Crippen LogP contribution in [0.5, 0.6) is 0 Å². The zero-order valence-corrected chi connectivity index (χ0v) is 11.6. The van der Waals surface area contributed by atoms with Crippen LogP contribution in [0.25, 0.3) is 0 Å². The number of nitrogens with zero attached hydrogens (tertiary/aromatic N) is 1. The molecule has 14 heavy (non-hydrogen) atoms. The first-order valence-electron chi connectivity index (χ1n) is 4.44. The standard InChI is InChI=1S/C8H19BrN2O2S/c1-8(2,5-6-9)7-10-14(12,13)11(3)4/h10H,5-7H2,1-4H3. The van der Waals surface area contributed by atoms with E-state index >= 15 is 0 Å². The number of hydrogen-bond donors (Lipinski definition) is 1. The molecule has 0 aliphatic carbocycles. The molecule has 0 spiro atoms. The lowest BCUT2D eigenvalue weighted by Gasteiger charge is -2.24. The van der Waals surface area contributed by atoms with Crippen LogP contribution in [-0.4, -0.2) is 38.7 Å². The fourth-order valence-corrected chi connectivity index (χ4v) is 2.66. The Kier molecular flexibility index (Phi) is 5.57. The van der Waals surface area contributed by atoms with Gasteiger partial charge in [0, 0.05) is 26.0 Å². The van der Waals surface area contributed by atoms with Crippen LogP contribution in [0.1, 0.15) is 20.3 Å². The molecule has 4 nitrogen and oxygen atoms in total. The van der Waals surface area contributed by atoms with Crippen molar-refractivity contribution in [1.82, 2.24) is 9.03 Å². The topological polar surface area (TPSA) is 49.4 Å². The van der Waals surface area contributed by atoms with Gasteiger partial charge in [0.05, 0.1) is 0 Å². The lowest BCUT2D eigenvalue weighted by Crippen LogP contribution is -2.40. The van der Waals surface area contributed by atoms with Crippen LogP contribution < -0.4 is 4.72 Å². The Morgan fingerprint density at radius 2 is 1.86 bits per heavy atom. The molecule has 0 amide bonds. The van der Waals surface area contributed by atoms with E-state index in [0.29, 0.717) is 6.54 Å². The number of alkyl halides is 1. The Morgan fingerprint density at radius 3 is 2.21 bits per heavy atom. The van der Waals surface area contributed by atoms with Crippen LogP contribution in [0.3, 0.4) is 0 Å². The molecule has 0 saturated heterocycles. The van der Waals surface area contributed by atoms with E-state index in [0.717, 1.165) is 11.8 Å². The SMILES string of the molecule is CN(C)S(=O)(=O)NCC(C)(C)CCBr. The van der Waals surface area contributed by atoms with Gasteiger partial charge in [0.2, 0.25) is 0 Å².